The standard InChI is InChI=1S/C15H29N3O/c1-3-18(4-2)14(19)11-17-10-6-8-15(13-17)7-5-9-16-12-15/h16H,3-13H2,1-2H3. The minimum absolute atomic E-state index is 0.297. The minimum atomic E-state index is 0.297. The van der Waals surface area contributed by atoms with Crippen molar-refractivity contribution in [1.82, 2.24) is 15.1 Å². The van der Waals surface area contributed by atoms with Gasteiger partial charge in [-0.1, -0.05) is 0 Å². The second kappa shape index (κ2) is 6.71. The van der Waals surface area contributed by atoms with Gasteiger partial charge in [-0.15, -0.1) is 0 Å². The molecule has 2 saturated heterocycles. The van der Waals surface area contributed by atoms with Crippen LogP contribution in [0.5, 0.6) is 0 Å². The van der Waals surface area contributed by atoms with E-state index in [0.717, 1.165) is 32.7 Å². The van der Waals surface area contributed by atoms with Crippen molar-refractivity contribution in [3.8, 4) is 0 Å². The topological polar surface area (TPSA) is 35.6 Å². The number of nitrogens with zero attached hydrogens (tertiary/aromatic N) is 2. The smallest absolute Gasteiger partial charge is 0.236 e. The monoisotopic (exact) mass is 267 g/mol. The normalized spacial score (nSPS) is 28.5. The maximum absolute atomic E-state index is 12.2. The van der Waals surface area contributed by atoms with Crippen LogP contribution in [0.1, 0.15) is 39.5 Å². The van der Waals surface area contributed by atoms with E-state index in [-0.39, 0.29) is 0 Å². The molecule has 1 amide bonds. The molecule has 2 fully saturated rings. The average molecular weight is 267 g/mol. The molecule has 110 valence electrons. The van der Waals surface area contributed by atoms with Gasteiger partial charge >= 0.3 is 0 Å². The first-order valence-electron chi connectivity index (χ1n) is 7.90. The lowest BCUT2D eigenvalue weighted by Gasteiger charge is -2.45. The van der Waals surface area contributed by atoms with Gasteiger partial charge in [0.25, 0.3) is 0 Å². The summed E-state index contributed by atoms with van der Waals surface area (Å²) in [5.41, 5.74) is 0.444. The van der Waals surface area contributed by atoms with Gasteiger partial charge in [0.05, 0.1) is 6.54 Å². The van der Waals surface area contributed by atoms with E-state index in [1.807, 2.05) is 4.90 Å². The number of nitrogens with one attached hydrogen (secondary N) is 1. The van der Waals surface area contributed by atoms with Gasteiger partial charge in [0.1, 0.15) is 0 Å². The lowest BCUT2D eigenvalue weighted by atomic mass is 9.74. The highest BCUT2D eigenvalue weighted by atomic mass is 16.2. The third-order valence-electron chi connectivity index (χ3n) is 4.78. The summed E-state index contributed by atoms with van der Waals surface area (Å²) in [6.45, 7) is 10.9. The number of hydrogen-bond donors (Lipinski definition) is 1. The predicted octanol–water partition coefficient (Wildman–Crippen LogP) is 1.32. The number of hydrogen-bond acceptors (Lipinski definition) is 3. The van der Waals surface area contributed by atoms with Crippen LogP contribution >= 0.6 is 0 Å². The minimum Gasteiger partial charge on any atom is -0.342 e. The lowest BCUT2D eigenvalue weighted by molar-refractivity contribution is -0.133. The van der Waals surface area contributed by atoms with Crippen LogP contribution in [0, 0.1) is 5.41 Å². The van der Waals surface area contributed by atoms with Crippen molar-refractivity contribution in [2.45, 2.75) is 39.5 Å². The van der Waals surface area contributed by atoms with Crippen molar-refractivity contribution >= 4 is 5.91 Å². The van der Waals surface area contributed by atoms with Gasteiger partial charge < -0.3 is 10.2 Å². The molecule has 2 heterocycles. The highest BCUT2D eigenvalue weighted by Gasteiger charge is 2.37. The Morgan fingerprint density at radius 2 is 2.00 bits per heavy atom. The quantitative estimate of drug-likeness (QED) is 0.834. The van der Waals surface area contributed by atoms with Gasteiger partial charge in [0.15, 0.2) is 0 Å². The number of carbonyl (C=O) groups is 1. The van der Waals surface area contributed by atoms with E-state index >= 15 is 0 Å². The Morgan fingerprint density at radius 1 is 1.26 bits per heavy atom. The fraction of sp³-hybridized carbons (Fsp3) is 0.933. The van der Waals surface area contributed by atoms with Crippen molar-refractivity contribution in [2.24, 2.45) is 5.41 Å². The largest absolute Gasteiger partial charge is 0.342 e. The lowest BCUT2D eigenvalue weighted by Crippen LogP contribution is -2.53. The van der Waals surface area contributed by atoms with Crippen molar-refractivity contribution < 1.29 is 4.79 Å². The van der Waals surface area contributed by atoms with Crippen LogP contribution in [0.25, 0.3) is 0 Å². The summed E-state index contributed by atoms with van der Waals surface area (Å²) in [4.78, 5) is 16.5. The zero-order chi connectivity index (χ0) is 13.7. The third-order valence-corrected chi connectivity index (χ3v) is 4.78. The molecule has 2 rings (SSSR count). The molecule has 0 aromatic carbocycles. The number of carbonyl (C=O) groups excluding carboxylic acids is 1. The van der Waals surface area contributed by atoms with Crippen molar-refractivity contribution in [2.75, 3.05) is 45.8 Å². The van der Waals surface area contributed by atoms with E-state index in [1.165, 1.54) is 32.2 Å². The van der Waals surface area contributed by atoms with Crippen molar-refractivity contribution in [1.29, 1.82) is 0 Å². The number of rotatable bonds is 4. The molecule has 0 aromatic heterocycles. The van der Waals surface area contributed by atoms with Gasteiger partial charge in [0.2, 0.25) is 5.91 Å². The molecule has 2 aliphatic rings. The average Bonchev–Trinajstić information content (AvgIpc) is 2.41. The molecule has 0 bridgehead atoms. The molecular weight excluding hydrogens is 238 g/mol. The van der Waals surface area contributed by atoms with Crippen LogP contribution in [0.2, 0.25) is 0 Å². The zero-order valence-corrected chi connectivity index (χ0v) is 12.6. The van der Waals surface area contributed by atoms with Crippen LogP contribution in [-0.2, 0) is 4.79 Å². The van der Waals surface area contributed by atoms with Crippen molar-refractivity contribution in [3.63, 3.8) is 0 Å². The van der Waals surface area contributed by atoms with Gasteiger partial charge in [-0.3, -0.25) is 9.69 Å². The van der Waals surface area contributed by atoms with Crippen LogP contribution in [0.15, 0.2) is 0 Å². The Labute approximate surface area is 117 Å². The highest BCUT2D eigenvalue weighted by Crippen LogP contribution is 2.35. The Bertz CT molecular complexity index is 290. The Morgan fingerprint density at radius 3 is 2.63 bits per heavy atom. The first kappa shape index (κ1) is 14.8. The van der Waals surface area contributed by atoms with Crippen LogP contribution < -0.4 is 5.32 Å². The molecular formula is C15H29N3O. The van der Waals surface area contributed by atoms with Crippen LogP contribution in [-0.4, -0.2) is 61.5 Å². The molecule has 0 radical (unpaired) electrons. The van der Waals surface area contributed by atoms with E-state index < -0.39 is 0 Å². The second-order valence-electron chi connectivity index (χ2n) is 6.16. The molecule has 1 spiro atoms. The fourth-order valence-electron chi connectivity index (χ4n) is 3.69. The Hall–Kier alpha value is -0.610. The van der Waals surface area contributed by atoms with Gasteiger partial charge in [-0.05, 0) is 58.0 Å². The molecule has 4 nitrogen and oxygen atoms in total. The van der Waals surface area contributed by atoms with E-state index in [0.29, 0.717) is 17.9 Å². The van der Waals surface area contributed by atoms with Gasteiger partial charge in [-0.2, -0.15) is 0 Å². The van der Waals surface area contributed by atoms with E-state index in [9.17, 15) is 4.79 Å². The molecule has 0 aliphatic carbocycles. The molecule has 0 saturated carbocycles. The highest BCUT2D eigenvalue weighted by molar-refractivity contribution is 5.78. The molecule has 2 aliphatic heterocycles. The first-order valence-corrected chi connectivity index (χ1v) is 7.90. The summed E-state index contributed by atoms with van der Waals surface area (Å²) in [6.07, 6.45) is 5.19. The maximum Gasteiger partial charge on any atom is 0.236 e. The SMILES string of the molecule is CCN(CC)C(=O)CN1CCCC2(CCCNC2)C1. The van der Waals surface area contributed by atoms with Crippen LogP contribution in [0.4, 0.5) is 0 Å². The number of amides is 1. The molecule has 1 unspecified atom stereocenters. The Kier molecular flexibility index (Phi) is 5.22. The number of likely N-dealkylation sites (N-methyl/N-ethyl adjacent to an activating group) is 1. The summed E-state index contributed by atoms with van der Waals surface area (Å²) in [6, 6.07) is 0. The molecule has 0 aromatic rings. The molecule has 4 heteroatoms. The maximum atomic E-state index is 12.2. The summed E-state index contributed by atoms with van der Waals surface area (Å²) in [5, 5.41) is 3.54. The second-order valence-corrected chi connectivity index (χ2v) is 6.16. The van der Waals surface area contributed by atoms with E-state index in [4.69, 9.17) is 0 Å². The predicted molar refractivity (Wildman–Crippen MR) is 78.1 cm³/mol. The fourth-order valence-corrected chi connectivity index (χ4v) is 3.69. The summed E-state index contributed by atoms with van der Waals surface area (Å²) < 4.78 is 0. The Balaban J connectivity index is 1.88. The van der Waals surface area contributed by atoms with E-state index in [1.54, 1.807) is 0 Å². The first-order chi connectivity index (χ1) is 9.19. The summed E-state index contributed by atoms with van der Waals surface area (Å²) in [5.74, 6) is 0.297. The van der Waals surface area contributed by atoms with Crippen LogP contribution in [0.3, 0.4) is 0 Å². The number of piperidine rings is 2. The molecule has 19 heavy (non-hydrogen) atoms. The van der Waals surface area contributed by atoms with Crippen molar-refractivity contribution in [3.05, 3.63) is 0 Å². The number of likely N-dealkylation sites (tertiary alicyclic amines) is 1. The summed E-state index contributed by atoms with van der Waals surface area (Å²) >= 11 is 0. The molecule has 1 N–H and O–H groups in total. The van der Waals surface area contributed by atoms with E-state index in [2.05, 4.69) is 24.1 Å². The zero-order valence-electron chi connectivity index (χ0n) is 12.6. The third kappa shape index (κ3) is 3.69. The molecule has 1 atom stereocenters. The van der Waals surface area contributed by atoms with Gasteiger partial charge in [-0.25, -0.2) is 0 Å². The summed E-state index contributed by atoms with van der Waals surface area (Å²) in [7, 11) is 0. The van der Waals surface area contributed by atoms with Gasteiger partial charge in [0, 0.05) is 26.2 Å².